The first-order chi connectivity index (χ1) is 16.1. The van der Waals surface area contributed by atoms with Gasteiger partial charge in [0.2, 0.25) is 5.91 Å². The molecule has 0 saturated carbocycles. The molecule has 1 saturated heterocycles. The number of thiocarbonyl (C=S) groups is 1. The molecule has 1 N–H and O–H groups in total. The molecule has 0 bridgehead atoms. The summed E-state index contributed by atoms with van der Waals surface area (Å²) < 4.78 is 50.1. The van der Waals surface area contributed by atoms with Crippen LogP contribution in [0.15, 0.2) is 47.4 Å². The van der Waals surface area contributed by atoms with E-state index in [0.717, 1.165) is 23.4 Å². The van der Waals surface area contributed by atoms with Gasteiger partial charge in [-0.2, -0.15) is 13.2 Å². The number of nitrogens with zero attached hydrogens (tertiary/aromatic N) is 1. The third-order valence-corrected chi connectivity index (χ3v) is 6.25. The molecule has 1 fully saturated rings. The van der Waals surface area contributed by atoms with Crippen LogP contribution in [0.2, 0.25) is 0 Å². The van der Waals surface area contributed by atoms with E-state index in [2.05, 4.69) is 5.32 Å². The fourth-order valence-electron chi connectivity index (χ4n) is 3.24. The van der Waals surface area contributed by atoms with E-state index in [1.165, 1.54) is 37.3 Å². The molecule has 3 rings (SSSR count). The first-order valence-corrected chi connectivity index (χ1v) is 11.3. The standard InChI is InChI=1S/C23H21F3N2O4S2/c1-31-17-10-9-14(12-18(17)32-2)13-19-21(30)28(22(33)34-19)11-5-8-20(29)27-16-7-4-3-6-15(16)23(24,25)26/h3-4,6-7,9-10,12-13H,5,8,11H2,1-2H3,(H,27,29). The average molecular weight is 511 g/mol. The molecule has 2 amide bonds. The summed E-state index contributed by atoms with van der Waals surface area (Å²) in [4.78, 5) is 26.8. The molecule has 0 aromatic heterocycles. The number of hydrogen-bond donors (Lipinski definition) is 1. The zero-order valence-corrected chi connectivity index (χ0v) is 19.9. The summed E-state index contributed by atoms with van der Waals surface area (Å²) in [5, 5.41) is 2.29. The van der Waals surface area contributed by atoms with Crippen LogP contribution in [0.1, 0.15) is 24.0 Å². The van der Waals surface area contributed by atoms with E-state index in [4.69, 9.17) is 21.7 Å². The molecule has 0 aliphatic carbocycles. The number of halogens is 3. The van der Waals surface area contributed by atoms with Crippen LogP contribution in [0, 0.1) is 0 Å². The Bertz CT molecular complexity index is 1140. The van der Waals surface area contributed by atoms with Gasteiger partial charge in [-0.25, -0.2) is 0 Å². The van der Waals surface area contributed by atoms with Gasteiger partial charge < -0.3 is 14.8 Å². The highest BCUT2D eigenvalue weighted by atomic mass is 32.2. The van der Waals surface area contributed by atoms with Crippen LogP contribution in [-0.2, 0) is 15.8 Å². The number of carbonyl (C=O) groups is 2. The van der Waals surface area contributed by atoms with Crippen molar-refractivity contribution in [2.24, 2.45) is 0 Å². The number of rotatable bonds is 8. The third-order valence-electron chi connectivity index (χ3n) is 4.87. The molecule has 1 aliphatic rings. The number of alkyl halides is 3. The maximum atomic E-state index is 13.1. The Balaban J connectivity index is 1.59. The van der Waals surface area contributed by atoms with Crippen molar-refractivity contribution >= 4 is 51.9 Å². The van der Waals surface area contributed by atoms with Gasteiger partial charge in [-0.3, -0.25) is 14.5 Å². The fourth-order valence-corrected chi connectivity index (χ4v) is 4.55. The lowest BCUT2D eigenvalue weighted by Crippen LogP contribution is -2.29. The Labute approximate surface area is 204 Å². The van der Waals surface area contributed by atoms with Crippen LogP contribution in [0.5, 0.6) is 11.5 Å². The molecule has 0 atom stereocenters. The predicted molar refractivity (Wildman–Crippen MR) is 129 cm³/mol. The third kappa shape index (κ3) is 6.09. The van der Waals surface area contributed by atoms with Crippen LogP contribution >= 0.6 is 24.0 Å². The predicted octanol–water partition coefficient (Wildman–Crippen LogP) is 5.34. The highest BCUT2D eigenvalue weighted by Crippen LogP contribution is 2.36. The molecule has 2 aromatic rings. The van der Waals surface area contributed by atoms with Crippen LogP contribution < -0.4 is 14.8 Å². The highest BCUT2D eigenvalue weighted by Gasteiger charge is 2.34. The number of anilines is 1. The number of para-hydroxylation sites is 1. The summed E-state index contributed by atoms with van der Waals surface area (Å²) in [7, 11) is 3.04. The van der Waals surface area contributed by atoms with Gasteiger partial charge in [0.05, 0.1) is 30.4 Å². The summed E-state index contributed by atoms with van der Waals surface area (Å²) in [5.74, 6) is 0.198. The minimum Gasteiger partial charge on any atom is -0.493 e. The fraction of sp³-hybridized carbons (Fsp3) is 0.261. The Hall–Kier alpha value is -3.05. The van der Waals surface area contributed by atoms with Crippen molar-refractivity contribution in [2.45, 2.75) is 19.0 Å². The van der Waals surface area contributed by atoms with Crippen molar-refractivity contribution < 1.29 is 32.2 Å². The van der Waals surface area contributed by atoms with E-state index in [0.29, 0.717) is 20.7 Å². The van der Waals surface area contributed by atoms with Gasteiger partial charge in [-0.15, -0.1) is 0 Å². The minimum absolute atomic E-state index is 0.0715. The lowest BCUT2D eigenvalue weighted by Gasteiger charge is -2.15. The van der Waals surface area contributed by atoms with Crippen molar-refractivity contribution in [3.05, 3.63) is 58.5 Å². The first-order valence-electron chi connectivity index (χ1n) is 10.1. The molecular formula is C23H21F3N2O4S2. The topological polar surface area (TPSA) is 67.9 Å². The molecular weight excluding hydrogens is 489 g/mol. The van der Waals surface area contributed by atoms with Crippen molar-refractivity contribution in [1.29, 1.82) is 0 Å². The van der Waals surface area contributed by atoms with Gasteiger partial charge in [0.25, 0.3) is 5.91 Å². The minimum atomic E-state index is -4.58. The number of methoxy groups -OCH3 is 2. The maximum Gasteiger partial charge on any atom is 0.418 e. The van der Waals surface area contributed by atoms with Crippen molar-refractivity contribution in [3.63, 3.8) is 0 Å². The molecule has 180 valence electrons. The first kappa shape index (κ1) is 25.6. The van der Waals surface area contributed by atoms with E-state index in [1.807, 2.05) is 0 Å². The SMILES string of the molecule is COc1ccc(C=C2SC(=S)N(CCCC(=O)Nc3ccccc3C(F)(F)F)C2=O)cc1OC. The average Bonchev–Trinajstić information content (AvgIpc) is 3.05. The Kier molecular flexibility index (Phi) is 8.21. The molecule has 6 nitrogen and oxygen atoms in total. The van der Waals surface area contributed by atoms with Crippen molar-refractivity contribution in [3.8, 4) is 11.5 Å². The molecule has 34 heavy (non-hydrogen) atoms. The Morgan fingerprint density at radius 1 is 1.15 bits per heavy atom. The number of nitrogens with one attached hydrogen (secondary N) is 1. The van der Waals surface area contributed by atoms with Crippen LogP contribution in [-0.4, -0.2) is 41.8 Å². The lowest BCUT2D eigenvalue weighted by atomic mass is 10.1. The van der Waals surface area contributed by atoms with Gasteiger partial charge in [0.15, 0.2) is 11.5 Å². The molecule has 0 radical (unpaired) electrons. The van der Waals surface area contributed by atoms with E-state index < -0.39 is 17.6 Å². The second kappa shape index (κ2) is 10.9. The highest BCUT2D eigenvalue weighted by molar-refractivity contribution is 8.26. The van der Waals surface area contributed by atoms with Gasteiger partial charge in [-0.05, 0) is 42.3 Å². The summed E-state index contributed by atoms with van der Waals surface area (Å²) in [5.41, 5.74) is -0.495. The quantitative estimate of drug-likeness (QED) is 0.382. The summed E-state index contributed by atoms with van der Waals surface area (Å²) in [6.45, 7) is 0.169. The number of amides is 2. The second-order valence-corrected chi connectivity index (χ2v) is 8.82. The van der Waals surface area contributed by atoms with Gasteiger partial charge in [-0.1, -0.05) is 42.2 Å². The maximum absolute atomic E-state index is 13.1. The number of ether oxygens (including phenoxy) is 2. The largest absolute Gasteiger partial charge is 0.493 e. The van der Waals surface area contributed by atoms with E-state index in [-0.39, 0.29) is 31.0 Å². The van der Waals surface area contributed by atoms with E-state index in [1.54, 1.807) is 24.3 Å². The molecule has 0 unspecified atom stereocenters. The van der Waals surface area contributed by atoms with Gasteiger partial charge in [0, 0.05) is 13.0 Å². The molecule has 11 heteroatoms. The van der Waals surface area contributed by atoms with E-state index >= 15 is 0 Å². The number of carbonyl (C=O) groups excluding carboxylic acids is 2. The summed E-state index contributed by atoms with van der Waals surface area (Å²) in [6.07, 6.45) is -2.73. The smallest absolute Gasteiger partial charge is 0.418 e. The van der Waals surface area contributed by atoms with Gasteiger partial charge in [0.1, 0.15) is 4.32 Å². The second-order valence-electron chi connectivity index (χ2n) is 7.14. The van der Waals surface area contributed by atoms with Crippen molar-refractivity contribution in [1.82, 2.24) is 4.90 Å². The van der Waals surface area contributed by atoms with Crippen LogP contribution in [0.4, 0.5) is 18.9 Å². The molecule has 1 heterocycles. The van der Waals surface area contributed by atoms with E-state index in [9.17, 15) is 22.8 Å². The molecule has 2 aromatic carbocycles. The molecule has 0 spiro atoms. The zero-order valence-electron chi connectivity index (χ0n) is 18.3. The Morgan fingerprint density at radius 3 is 2.53 bits per heavy atom. The number of hydrogen-bond acceptors (Lipinski definition) is 6. The zero-order chi connectivity index (χ0) is 24.9. The van der Waals surface area contributed by atoms with Crippen LogP contribution in [0.3, 0.4) is 0 Å². The normalized spacial score (nSPS) is 15.1. The molecule has 1 aliphatic heterocycles. The summed E-state index contributed by atoms with van der Waals surface area (Å²) >= 11 is 6.44. The Morgan fingerprint density at radius 2 is 1.85 bits per heavy atom. The number of thioether (sulfide) groups is 1. The summed E-state index contributed by atoms with van der Waals surface area (Å²) in [6, 6.07) is 9.99. The number of benzene rings is 2. The van der Waals surface area contributed by atoms with Crippen molar-refractivity contribution in [2.75, 3.05) is 26.1 Å². The lowest BCUT2D eigenvalue weighted by molar-refractivity contribution is -0.137. The van der Waals surface area contributed by atoms with Gasteiger partial charge >= 0.3 is 6.18 Å². The van der Waals surface area contributed by atoms with Crippen LogP contribution in [0.25, 0.3) is 6.08 Å². The monoisotopic (exact) mass is 510 g/mol.